The smallest absolute Gasteiger partial charge is 0.189 e. The average molecular weight is 789 g/mol. The first kappa shape index (κ1) is 42.3. The molecule has 0 aromatic carbocycles. The van der Waals surface area contributed by atoms with Crippen molar-refractivity contribution in [1.29, 1.82) is 0 Å². The maximum Gasteiger partial charge on any atom is 0.189 e. The summed E-state index contributed by atoms with van der Waals surface area (Å²) in [6.45, 7) is 14.0. The van der Waals surface area contributed by atoms with Crippen LogP contribution in [0.3, 0.4) is 0 Å². The van der Waals surface area contributed by atoms with Crippen LogP contribution in [0.4, 0.5) is 0 Å². The molecule has 0 bridgehead atoms. The fraction of sp³-hybridized carbons (Fsp3) is 0.882. The van der Waals surface area contributed by atoms with E-state index in [1.807, 2.05) is 41.5 Å². The zero-order valence-corrected chi connectivity index (χ0v) is 32.0. The van der Waals surface area contributed by atoms with Crippen LogP contribution < -0.4 is 0 Å². The van der Waals surface area contributed by atoms with E-state index in [0.717, 1.165) is 0 Å². The Balaban J connectivity index is 0.999. The topological polar surface area (TPSA) is 266 Å². The molecule has 4 fully saturated rings. The lowest BCUT2D eigenvalue weighted by Gasteiger charge is -2.45. The first-order chi connectivity index (χ1) is 25.8. The molecule has 4 aliphatic rings. The van der Waals surface area contributed by atoms with Gasteiger partial charge in [-0.2, -0.15) is 0 Å². The summed E-state index contributed by atoms with van der Waals surface area (Å²) in [5.41, 5.74) is 0.310. The van der Waals surface area contributed by atoms with Crippen molar-refractivity contribution in [3.63, 3.8) is 0 Å². The molecule has 6 N–H and O–H groups in total. The van der Waals surface area contributed by atoms with E-state index in [0.29, 0.717) is 51.0 Å². The van der Waals surface area contributed by atoms with Gasteiger partial charge in [-0.15, -0.1) is 10.2 Å². The van der Waals surface area contributed by atoms with Crippen LogP contribution in [0.5, 0.6) is 0 Å². The van der Waals surface area contributed by atoms with Crippen molar-refractivity contribution in [2.75, 3.05) is 39.6 Å². The lowest BCUT2D eigenvalue weighted by Crippen LogP contribution is -2.63. The molecule has 4 saturated heterocycles. The summed E-state index contributed by atoms with van der Waals surface area (Å²) in [7, 11) is 0. The zero-order valence-electron chi connectivity index (χ0n) is 32.0. The molecule has 6 heterocycles. The van der Waals surface area contributed by atoms with E-state index in [1.165, 1.54) is 9.36 Å². The normalized spacial score (nSPS) is 35.8. The second-order valence-corrected chi connectivity index (χ2v) is 16.6. The van der Waals surface area contributed by atoms with Crippen molar-refractivity contribution in [2.45, 2.75) is 141 Å². The molecule has 10 atom stereocenters. The van der Waals surface area contributed by atoms with Gasteiger partial charge >= 0.3 is 0 Å². The highest BCUT2D eigenvalue weighted by atomic mass is 16.8. The lowest BCUT2D eigenvalue weighted by molar-refractivity contribution is -0.375. The number of ether oxygens (including phenoxy) is 9. The summed E-state index contributed by atoms with van der Waals surface area (Å²) in [5.74, 6) is -1.29. The number of hydrogen-bond acceptors (Lipinski definition) is 19. The molecule has 2 aromatic heterocycles. The van der Waals surface area contributed by atoms with Gasteiger partial charge < -0.3 is 73.3 Å². The van der Waals surface area contributed by atoms with Crippen molar-refractivity contribution >= 4 is 0 Å². The minimum Gasteiger partial charge on any atom is -0.388 e. The Morgan fingerprint density at radius 2 is 0.945 bits per heavy atom. The summed E-state index contributed by atoms with van der Waals surface area (Å²) >= 11 is 0. The lowest BCUT2D eigenvalue weighted by atomic mass is 9.93. The van der Waals surface area contributed by atoms with Crippen LogP contribution in [0.2, 0.25) is 0 Å². The fourth-order valence-corrected chi connectivity index (χ4v) is 6.38. The highest BCUT2D eigenvalue weighted by molar-refractivity contribution is 4.96. The van der Waals surface area contributed by atoms with Crippen molar-refractivity contribution in [2.24, 2.45) is 10.8 Å². The van der Waals surface area contributed by atoms with Crippen LogP contribution in [0.1, 0.15) is 52.9 Å². The Hall–Kier alpha value is -2.32. The van der Waals surface area contributed by atoms with E-state index in [2.05, 4.69) is 20.6 Å². The quantitative estimate of drug-likeness (QED) is 0.119. The molecule has 6 rings (SSSR count). The largest absolute Gasteiger partial charge is 0.388 e. The standard InChI is InChI=1S/C34H56N6O15/c1-31(2)49-15-33(5,16-50-31)13-47-11-19-7-39(37-35-19)9-21-23(41)25(43)27(45)29(53-21)55-30-28(46)26(44)24(42)22(54-30)10-40-8-20(36-38-40)12-48-14-34(6)17-51-32(3,4)52-18-34/h7-8,21-30,41-46H,9-18H2,1-6H3/t21?,22?,23-,24-,25+,26?,27?,28?,29-,30-/m1/s1. The fourth-order valence-electron chi connectivity index (χ4n) is 6.38. The van der Waals surface area contributed by atoms with Crippen LogP contribution in [0, 0.1) is 10.8 Å². The molecule has 0 spiro atoms. The molecule has 5 unspecified atom stereocenters. The SMILES string of the molecule is CC1(COCc2cn(CC3O[C@H](O[C@H]4OC(Cn5cc(COCC6(C)COC(C)(C)OC6)nn5)[C@@H](O)[C@H](O)C4O)C(O)C(O)[C@@H]3O)nn2)COC(C)(C)OC1. The Kier molecular flexibility index (Phi) is 13.0. The van der Waals surface area contributed by atoms with Gasteiger partial charge in [0.05, 0.1) is 78.3 Å². The molecule has 2 aromatic rings. The third-order valence-electron chi connectivity index (χ3n) is 9.99. The van der Waals surface area contributed by atoms with Crippen molar-refractivity contribution < 1.29 is 73.3 Å². The van der Waals surface area contributed by atoms with Crippen molar-refractivity contribution in [3.8, 4) is 0 Å². The molecule has 4 aliphatic heterocycles. The van der Waals surface area contributed by atoms with E-state index in [4.69, 9.17) is 42.6 Å². The molecule has 21 heteroatoms. The van der Waals surface area contributed by atoms with Crippen LogP contribution in [0.25, 0.3) is 0 Å². The molecular formula is C34H56N6O15. The van der Waals surface area contributed by atoms with Gasteiger partial charge in [0.2, 0.25) is 0 Å². The summed E-state index contributed by atoms with van der Waals surface area (Å²) in [4.78, 5) is 0. The van der Waals surface area contributed by atoms with Crippen LogP contribution >= 0.6 is 0 Å². The van der Waals surface area contributed by atoms with E-state index in [-0.39, 0.29) is 37.1 Å². The highest BCUT2D eigenvalue weighted by Gasteiger charge is 2.50. The van der Waals surface area contributed by atoms with Gasteiger partial charge in [0.25, 0.3) is 0 Å². The zero-order chi connectivity index (χ0) is 39.8. The minimum atomic E-state index is -1.78. The number of hydrogen-bond donors (Lipinski definition) is 6. The van der Waals surface area contributed by atoms with Crippen LogP contribution in [0.15, 0.2) is 12.4 Å². The van der Waals surface area contributed by atoms with Crippen LogP contribution in [-0.2, 0) is 68.9 Å². The third kappa shape index (κ3) is 10.6. The summed E-state index contributed by atoms with van der Waals surface area (Å²) < 4.78 is 54.9. The van der Waals surface area contributed by atoms with E-state index in [1.54, 1.807) is 12.4 Å². The Labute approximate surface area is 318 Å². The monoisotopic (exact) mass is 788 g/mol. The van der Waals surface area contributed by atoms with Gasteiger partial charge in [-0.05, 0) is 27.7 Å². The number of nitrogens with zero attached hydrogens (tertiary/aromatic N) is 6. The molecule has 312 valence electrons. The predicted octanol–water partition coefficient (Wildman–Crippen LogP) is -2.19. The Morgan fingerprint density at radius 1 is 0.582 bits per heavy atom. The summed E-state index contributed by atoms with van der Waals surface area (Å²) in [6, 6.07) is 0. The van der Waals surface area contributed by atoms with Crippen molar-refractivity contribution in [1.82, 2.24) is 30.0 Å². The van der Waals surface area contributed by atoms with Gasteiger partial charge in [0, 0.05) is 10.8 Å². The average Bonchev–Trinajstić information content (AvgIpc) is 3.79. The molecular weight excluding hydrogens is 732 g/mol. The molecule has 0 amide bonds. The van der Waals surface area contributed by atoms with E-state index >= 15 is 0 Å². The predicted molar refractivity (Wildman–Crippen MR) is 182 cm³/mol. The highest BCUT2D eigenvalue weighted by Crippen LogP contribution is 2.32. The van der Waals surface area contributed by atoms with Gasteiger partial charge in [-0.3, -0.25) is 0 Å². The molecule has 0 aliphatic carbocycles. The second-order valence-electron chi connectivity index (χ2n) is 16.6. The minimum absolute atomic E-state index is 0.109. The second kappa shape index (κ2) is 16.9. The van der Waals surface area contributed by atoms with Gasteiger partial charge in [-0.1, -0.05) is 24.3 Å². The molecule has 21 nitrogen and oxygen atoms in total. The number of aromatic nitrogens is 6. The third-order valence-corrected chi connectivity index (χ3v) is 9.99. The molecule has 0 saturated carbocycles. The number of rotatable bonds is 14. The number of aliphatic hydroxyl groups is 6. The maximum absolute atomic E-state index is 10.8. The Bertz CT molecular complexity index is 1410. The van der Waals surface area contributed by atoms with E-state index in [9.17, 15) is 30.6 Å². The summed E-state index contributed by atoms with van der Waals surface area (Å²) in [5, 5.41) is 80.7. The molecule has 55 heavy (non-hydrogen) atoms. The summed E-state index contributed by atoms with van der Waals surface area (Å²) in [6.07, 6.45) is -12.5. The first-order valence-corrected chi connectivity index (χ1v) is 18.4. The van der Waals surface area contributed by atoms with Crippen molar-refractivity contribution in [3.05, 3.63) is 23.8 Å². The first-order valence-electron chi connectivity index (χ1n) is 18.4. The Morgan fingerprint density at radius 3 is 1.31 bits per heavy atom. The van der Waals surface area contributed by atoms with E-state index < -0.39 is 73.0 Å². The maximum atomic E-state index is 10.8. The number of aliphatic hydroxyl groups excluding tert-OH is 6. The van der Waals surface area contributed by atoms with Gasteiger partial charge in [0.1, 0.15) is 60.2 Å². The van der Waals surface area contributed by atoms with Gasteiger partial charge in [0.15, 0.2) is 24.2 Å². The molecule has 0 radical (unpaired) electrons. The van der Waals surface area contributed by atoms with Crippen LogP contribution in [-0.4, -0.2) is 173 Å². The van der Waals surface area contributed by atoms with Gasteiger partial charge in [-0.25, -0.2) is 9.36 Å².